The minimum atomic E-state index is -0.00770. The molecule has 0 aromatic carbocycles. The monoisotopic (exact) mass is 825 g/mol. The van der Waals surface area contributed by atoms with Crippen LogP contribution in [0.25, 0.3) is 0 Å². The van der Waals surface area contributed by atoms with Crippen LogP contribution in [0.15, 0.2) is 4.99 Å². The largest absolute Gasteiger partial charge is 0.466 e. The number of hydroxylamine groups is 1. The van der Waals surface area contributed by atoms with Crippen LogP contribution >= 0.6 is 0 Å². The zero-order chi connectivity index (χ0) is 42.8. The molecule has 0 atom stereocenters. The van der Waals surface area contributed by atoms with Gasteiger partial charge in [-0.05, 0) is 77.4 Å². The molecule has 0 aromatic heterocycles. The first-order valence-corrected chi connectivity index (χ1v) is 25.0. The van der Waals surface area contributed by atoms with E-state index in [4.69, 9.17) is 14.3 Å². The van der Waals surface area contributed by atoms with E-state index in [9.17, 15) is 9.59 Å². The third kappa shape index (κ3) is 46.8. The Hall–Kier alpha value is -1.87. The Morgan fingerprint density at radius 1 is 0.569 bits per heavy atom. The smallest absolute Gasteiger partial charge is 0.305 e. The maximum Gasteiger partial charge on any atom is 0.305 e. The molecule has 0 rings (SSSR count). The highest BCUT2D eigenvalue weighted by Crippen LogP contribution is 2.16. The molecule has 0 heterocycles. The molecule has 0 unspecified atom stereocenters. The summed E-state index contributed by atoms with van der Waals surface area (Å²) >= 11 is 0. The highest BCUT2D eigenvalue weighted by atomic mass is 16.6. The molecular formula is C49H100N4O5. The lowest BCUT2D eigenvalue weighted by Gasteiger charge is -2.22. The number of hydrogen-bond acceptors (Lipinski definition) is 7. The average Bonchev–Trinajstić information content (AvgIpc) is 3.23. The highest BCUT2D eigenvalue weighted by molar-refractivity contribution is 5.78. The predicted molar refractivity (Wildman–Crippen MR) is 250 cm³/mol. The molecule has 0 spiro atoms. The number of rotatable bonds is 44. The maximum atomic E-state index is 11.9. The van der Waals surface area contributed by atoms with Crippen molar-refractivity contribution in [3.8, 4) is 0 Å². The van der Waals surface area contributed by atoms with Gasteiger partial charge in [-0.1, -0.05) is 182 Å². The lowest BCUT2D eigenvalue weighted by Crippen LogP contribution is -2.38. The molecule has 0 saturated carbocycles. The zero-order valence-electron chi connectivity index (χ0n) is 39.7. The molecule has 0 aromatic rings. The number of nitrogens with zero attached hydrogens (tertiary/aromatic N) is 2. The number of nitrogens with one attached hydrogen (secondary N) is 2. The van der Waals surface area contributed by atoms with Crippen LogP contribution < -0.4 is 10.8 Å². The Bertz CT molecular complexity index is 830. The van der Waals surface area contributed by atoms with Crippen LogP contribution in [-0.2, 0) is 23.9 Å². The van der Waals surface area contributed by atoms with Crippen molar-refractivity contribution < 1.29 is 23.9 Å². The number of ether oxygens (including phenoxy) is 2. The van der Waals surface area contributed by atoms with Gasteiger partial charge in [0.2, 0.25) is 5.96 Å². The number of hydrogen-bond donors (Lipinski definition) is 2. The van der Waals surface area contributed by atoms with E-state index in [1.165, 1.54) is 186 Å². The lowest BCUT2D eigenvalue weighted by molar-refractivity contribution is -0.144. The van der Waals surface area contributed by atoms with Gasteiger partial charge in [0.05, 0.1) is 13.7 Å². The van der Waals surface area contributed by atoms with Crippen molar-refractivity contribution in [3.05, 3.63) is 0 Å². The van der Waals surface area contributed by atoms with Gasteiger partial charge in [0, 0.05) is 20.0 Å². The second-order valence-corrected chi connectivity index (χ2v) is 16.6. The summed E-state index contributed by atoms with van der Waals surface area (Å²) in [6.07, 6.45) is 42.2. The summed E-state index contributed by atoms with van der Waals surface area (Å²) in [5, 5.41) is 3.29. The van der Waals surface area contributed by atoms with Crippen molar-refractivity contribution in [2.45, 2.75) is 252 Å². The molecule has 0 aliphatic carbocycles. The minimum Gasteiger partial charge on any atom is -0.466 e. The predicted octanol–water partition coefficient (Wildman–Crippen LogP) is 13.4. The van der Waals surface area contributed by atoms with Gasteiger partial charge < -0.3 is 19.7 Å². The summed E-state index contributed by atoms with van der Waals surface area (Å²) in [4.78, 5) is 34.2. The van der Waals surface area contributed by atoms with Gasteiger partial charge in [0.25, 0.3) is 6.47 Å². The topological polar surface area (TPSA) is 101 Å². The van der Waals surface area contributed by atoms with Crippen LogP contribution in [0.5, 0.6) is 0 Å². The van der Waals surface area contributed by atoms with Gasteiger partial charge >= 0.3 is 5.97 Å². The normalized spacial score (nSPS) is 11.5. The van der Waals surface area contributed by atoms with Gasteiger partial charge in [-0.3, -0.25) is 19.4 Å². The van der Waals surface area contributed by atoms with E-state index in [0.717, 1.165) is 51.6 Å². The van der Waals surface area contributed by atoms with Gasteiger partial charge in [0.1, 0.15) is 6.10 Å². The lowest BCUT2D eigenvalue weighted by atomic mass is 10.0. The van der Waals surface area contributed by atoms with Gasteiger partial charge in [-0.15, -0.1) is 0 Å². The van der Waals surface area contributed by atoms with Gasteiger partial charge in [-0.2, -0.15) is 0 Å². The Morgan fingerprint density at radius 2 is 0.983 bits per heavy atom. The van der Waals surface area contributed by atoms with Crippen molar-refractivity contribution >= 4 is 18.4 Å². The zero-order valence-corrected chi connectivity index (χ0v) is 39.7. The van der Waals surface area contributed by atoms with Crippen LogP contribution in [0.4, 0.5) is 0 Å². The quantitative estimate of drug-likeness (QED) is 0.0156. The first-order chi connectivity index (χ1) is 28.5. The van der Waals surface area contributed by atoms with E-state index in [1.54, 1.807) is 14.2 Å². The number of carbonyl (C=O) groups is 2. The SMILES string of the molecule is CCCCCCCCC(CCCCCCCC)OC=O.CCCCCCCCCOC(=O)CCCCCCCN(CCCCCCCC)CCCNC(=NC)NOC. The second kappa shape index (κ2) is 51.3. The van der Waals surface area contributed by atoms with E-state index < -0.39 is 0 Å². The molecule has 9 heteroatoms. The summed E-state index contributed by atoms with van der Waals surface area (Å²) < 4.78 is 10.6. The molecular weight excluding hydrogens is 725 g/mol. The Kier molecular flexibility index (Phi) is 51.5. The molecule has 2 N–H and O–H groups in total. The molecule has 0 aliphatic rings. The third-order valence-corrected chi connectivity index (χ3v) is 11.1. The second-order valence-electron chi connectivity index (χ2n) is 16.6. The van der Waals surface area contributed by atoms with Crippen LogP contribution in [0.3, 0.4) is 0 Å². The van der Waals surface area contributed by atoms with E-state index in [1.807, 2.05) is 0 Å². The fourth-order valence-electron chi connectivity index (χ4n) is 7.33. The van der Waals surface area contributed by atoms with Crippen molar-refractivity contribution in [1.29, 1.82) is 0 Å². The minimum absolute atomic E-state index is 0.00770. The first-order valence-electron chi connectivity index (χ1n) is 25.0. The first kappa shape index (κ1) is 58.2. The average molecular weight is 825 g/mol. The van der Waals surface area contributed by atoms with E-state index in [-0.39, 0.29) is 12.1 Å². The third-order valence-electron chi connectivity index (χ3n) is 11.1. The molecule has 0 amide bonds. The summed E-state index contributed by atoms with van der Waals surface area (Å²) in [5.41, 5.74) is 2.76. The number of guanidine groups is 1. The molecule has 0 saturated heterocycles. The van der Waals surface area contributed by atoms with Crippen molar-refractivity contribution in [2.75, 3.05) is 46.9 Å². The fourth-order valence-corrected chi connectivity index (χ4v) is 7.33. The Labute approximate surface area is 361 Å². The number of aliphatic imine (C=N–C) groups is 1. The number of esters is 1. The number of carbonyl (C=O) groups excluding carboxylic acids is 2. The molecule has 0 bridgehead atoms. The van der Waals surface area contributed by atoms with Gasteiger partial charge in [0.15, 0.2) is 0 Å². The van der Waals surface area contributed by atoms with Crippen molar-refractivity contribution in [2.24, 2.45) is 4.99 Å². The van der Waals surface area contributed by atoms with Crippen molar-refractivity contribution in [1.82, 2.24) is 15.7 Å². The summed E-state index contributed by atoms with van der Waals surface area (Å²) in [6.45, 7) is 14.6. The van der Waals surface area contributed by atoms with Crippen LogP contribution in [0.2, 0.25) is 0 Å². The molecule has 346 valence electrons. The molecule has 0 radical (unpaired) electrons. The molecule has 58 heavy (non-hydrogen) atoms. The van der Waals surface area contributed by atoms with E-state index in [2.05, 4.69) is 48.4 Å². The molecule has 0 aliphatic heterocycles. The Balaban J connectivity index is 0. The standard InChI is InChI=1S/C31H64N4O3.C18H36O2/c1-5-7-9-11-13-18-22-29-38-30(36)24-19-15-14-17-21-27-35(26-20-16-12-10-8-6-2)28-23-25-33-31(32-3)34-37-4;1-3-5-7-9-11-13-15-18(20-17-19)16-14-12-10-8-6-4-2/h5-29H2,1-4H3,(H2,32,33,34);17-18H,3-16H2,1-2H3. The summed E-state index contributed by atoms with van der Waals surface area (Å²) in [7, 11) is 3.35. The molecule has 0 fully saturated rings. The summed E-state index contributed by atoms with van der Waals surface area (Å²) in [6, 6.07) is 0. The fraction of sp³-hybridized carbons (Fsp3) is 0.939. The van der Waals surface area contributed by atoms with Gasteiger partial charge in [-0.25, -0.2) is 5.48 Å². The van der Waals surface area contributed by atoms with Crippen LogP contribution in [0.1, 0.15) is 246 Å². The maximum absolute atomic E-state index is 11.9. The van der Waals surface area contributed by atoms with Crippen LogP contribution in [0, 0.1) is 0 Å². The van der Waals surface area contributed by atoms with Crippen LogP contribution in [-0.4, -0.2) is 76.3 Å². The highest BCUT2D eigenvalue weighted by Gasteiger charge is 2.09. The molecule has 9 nitrogen and oxygen atoms in total. The Morgan fingerprint density at radius 3 is 1.43 bits per heavy atom. The number of unbranched alkanes of at least 4 members (excludes halogenated alkanes) is 25. The van der Waals surface area contributed by atoms with E-state index in [0.29, 0.717) is 25.5 Å². The van der Waals surface area contributed by atoms with Crippen molar-refractivity contribution in [3.63, 3.8) is 0 Å². The summed E-state index contributed by atoms with van der Waals surface area (Å²) in [5.74, 6) is 0.670. The van der Waals surface area contributed by atoms with E-state index >= 15 is 0 Å².